The maximum absolute atomic E-state index is 12.8. The second-order valence-corrected chi connectivity index (χ2v) is 7.56. The number of benzene rings is 1. The Kier molecular flexibility index (Phi) is 4.89. The van der Waals surface area contributed by atoms with Crippen molar-refractivity contribution in [3.63, 3.8) is 0 Å². The first kappa shape index (κ1) is 16.2. The third-order valence-electron chi connectivity index (χ3n) is 3.75. The van der Waals surface area contributed by atoms with Crippen LogP contribution >= 0.6 is 11.6 Å². The number of nitriles is 1. The number of nitrogens with zero attached hydrogens (tertiary/aromatic N) is 2. The van der Waals surface area contributed by atoms with E-state index in [4.69, 9.17) is 22.6 Å². The number of hydrogen-bond donors (Lipinski definition) is 1. The van der Waals surface area contributed by atoms with Gasteiger partial charge in [-0.1, -0.05) is 18.0 Å². The van der Waals surface area contributed by atoms with E-state index < -0.39 is 10.0 Å². The van der Waals surface area contributed by atoms with Crippen LogP contribution in [0.1, 0.15) is 31.7 Å². The van der Waals surface area contributed by atoms with Gasteiger partial charge in [-0.2, -0.15) is 9.57 Å². The quantitative estimate of drug-likeness (QED) is 0.921. The fraction of sp³-hybridized carbons (Fsp3) is 0.500. The zero-order valence-electron chi connectivity index (χ0n) is 11.8. The predicted molar refractivity (Wildman–Crippen MR) is 81.3 cm³/mol. The van der Waals surface area contributed by atoms with Crippen molar-refractivity contribution < 1.29 is 8.42 Å². The number of piperidine rings is 1. The highest BCUT2D eigenvalue weighted by Gasteiger charge is 2.36. The molecule has 0 aromatic heterocycles. The lowest BCUT2D eigenvalue weighted by Crippen LogP contribution is -2.51. The SMILES string of the molecule is CC(N)C1CCCCN1S(=O)(=O)c1ccc(C#N)cc1Cl. The fourth-order valence-electron chi connectivity index (χ4n) is 2.66. The van der Waals surface area contributed by atoms with Crippen molar-refractivity contribution in [2.45, 2.75) is 43.2 Å². The van der Waals surface area contributed by atoms with Crippen LogP contribution in [0.15, 0.2) is 23.1 Å². The van der Waals surface area contributed by atoms with Crippen LogP contribution in [-0.4, -0.2) is 31.4 Å². The van der Waals surface area contributed by atoms with Gasteiger partial charge in [0.2, 0.25) is 10.0 Å². The Bertz CT molecular complexity index is 667. The van der Waals surface area contributed by atoms with Crippen LogP contribution in [0.3, 0.4) is 0 Å². The summed E-state index contributed by atoms with van der Waals surface area (Å²) in [7, 11) is -3.70. The normalized spacial score (nSPS) is 21.7. The van der Waals surface area contributed by atoms with Crippen LogP contribution < -0.4 is 5.73 Å². The molecule has 2 rings (SSSR count). The molecule has 1 fully saturated rings. The second-order valence-electron chi connectivity index (χ2n) is 5.30. The number of rotatable bonds is 3. The molecule has 2 unspecified atom stereocenters. The standard InChI is InChI=1S/C14H18ClN3O2S/c1-10(17)13-4-2-3-7-18(13)21(19,20)14-6-5-11(9-16)8-12(14)15/h5-6,8,10,13H,2-4,7,17H2,1H3. The highest BCUT2D eigenvalue weighted by atomic mass is 35.5. The Morgan fingerprint density at radius 3 is 2.76 bits per heavy atom. The summed E-state index contributed by atoms with van der Waals surface area (Å²) in [5.74, 6) is 0. The van der Waals surface area contributed by atoms with E-state index in [0.29, 0.717) is 12.1 Å². The maximum Gasteiger partial charge on any atom is 0.244 e. The molecule has 1 aromatic rings. The highest BCUT2D eigenvalue weighted by Crippen LogP contribution is 2.30. The summed E-state index contributed by atoms with van der Waals surface area (Å²) in [5.41, 5.74) is 6.27. The Morgan fingerprint density at radius 2 is 2.19 bits per heavy atom. The van der Waals surface area contributed by atoms with E-state index >= 15 is 0 Å². The minimum Gasteiger partial charge on any atom is -0.326 e. The molecule has 1 aliphatic rings. The Morgan fingerprint density at radius 1 is 1.48 bits per heavy atom. The summed E-state index contributed by atoms with van der Waals surface area (Å²) in [6, 6.07) is 5.72. The van der Waals surface area contributed by atoms with Crippen LogP contribution in [0, 0.1) is 11.3 Å². The molecule has 0 aliphatic carbocycles. The summed E-state index contributed by atoms with van der Waals surface area (Å²) in [5, 5.41) is 8.91. The van der Waals surface area contributed by atoms with E-state index in [9.17, 15) is 8.42 Å². The van der Waals surface area contributed by atoms with Crippen molar-refractivity contribution in [3.8, 4) is 6.07 Å². The first-order chi connectivity index (χ1) is 9.87. The van der Waals surface area contributed by atoms with Crippen LogP contribution in [-0.2, 0) is 10.0 Å². The van der Waals surface area contributed by atoms with Gasteiger partial charge in [-0.05, 0) is 38.0 Å². The molecule has 0 spiro atoms. The smallest absolute Gasteiger partial charge is 0.244 e. The lowest BCUT2D eigenvalue weighted by Gasteiger charge is -2.37. The third kappa shape index (κ3) is 3.22. The molecule has 0 bridgehead atoms. The van der Waals surface area contributed by atoms with Gasteiger partial charge < -0.3 is 5.73 Å². The van der Waals surface area contributed by atoms with Crippen molar-refractivity contribution in [2.24, 2.45) is 5.73 Å². The Labute approximate surface area is 130 Å². The predicted octanol–water partition coefficient (Wildman–Crippen LogP) is 2.10. The molecular weight excluding hydrogens is 310 g/mol. The van der Waals surface area contributed by atoms with Crippen LogP contribution in [0.5, 0.6) is 0 Å². The molecule has 2 N–H and O–H groups in total. The molecule has 1 aliphatic heterocycles. The molecule has 0 radical (unpaired) electrons. The lowest BCUT2D eigenvalue weighted by atomic mass is 10.00. The van der Waals surface area contributed by atoms with Gasteiger partial charge in [0.05, 0.1) is 16.7 Å². The molecule has 1 heterocycles. The minimum absolute atomic E-state index is 0.0377. The topological polar surface area (TPSA) is 87.2 Å². The third-order valence-corrected chi connectivity index (χ3v) is 6.16. The molecule has 0 amide bonds. The first-order valence-corrected chi connectivity index (χ1v) is 8.67. The van der Waals surface area contributed by atoms with Gasteiger partial charge >= 0.3 is 0 Å². The fourth-order valence-corrected chi connectivity index (χ4v) is 4.95. The molecular formula is C14H18ClN3O2S. The van der Waals surface area contributed by atoms with Crippen LogP contribution in [0.2, 0.25) is 5.02 Å². The summed E-state index contributed by atoms with van der Waals surface area (Å²) in [6.45, 7) is 2.27. The van der Waals surface area contributed by atoms with Gasteiger partial charge in [-0.25, -0.2) is 8.42 Å². The molecule has 1 aromatic carbocycles. The zero-order valence-corrected chi connectivity index (χ0v) is 13.4. The molecule has 0 saturated carbocycles. The first-order valence-electron chi connectivity index (χ1n) is 6.85. The Balaban J connectivity index is 2.43. The summed E-state index contributed by atoms with van der Waals surface area (Å²) < 4.78 is 27.1. The maximum atomic E-state index is 12.8. The van der Waals surface area contributed by atoms with Crippen molar-refractivity contribution in [3.05, 3.63) is 28.8 Å². The van der Waals surface area contributed by atoms with Gasteiger partial charge in [0.25, 0.3) is 0 Å². The molecule has 1 saturated heterocycles. The van der Waals surface area contributed by atoms with Crippen molar-refractivity contribution >= 4 is 21.6 Å². The van der Waals surface area contributed by atoms with E-state index in [1.807, 2.05) is 13.0 Å². The zero-order chi connectivity index (χ0) is 15.6. The molecule has 114 valence electrons. The largest absolute Gasteiger partial charge is 0.326 e. The van der Waals surface area contributed by atoms with E-state index in [-0.39, 0.29) is 22.0 Å². The van der Waals surface area contributed by atoms with Crippen LogP contribution in [0.4, 0.5) is 0 Å². The molecule has 21 heavy (non-hydrogen) atoms. The van der Waals surface area contributed by atoms with Gasteiger partial charge in [0.15, 0.2) is 0 Å². The van der Waals surface area contributed by atoms with E-state index in [2.05, 4.69) is 0 Å². The summed E-state index contributed by atoms with van der Waals surface area (Å²) in [6.07, 6.45) is 2.54. The second kappa shape index (κ2) is 6.32. The molecule has 5 nitrogen and oxygen atoms in total. The van der Waals surface area contributed by atoms with Gasteiger partial charge in [0, 0.05) is 18.6 Å². The van der Waals surface area contributed by atoms with Gasteiger partial charge in [0.1, 0.15) is 4.90 Å². The molecule has 2 atom stereocenters. The van der Waals surface area contributed by atoms with Crippen molar-refractivity contribution in [1.29, 1.82) is 5.26 Å². The number of halogens is 1. The number of nitrogens with two attached hydrogens (primary N) is 1. The number of sulfonamides is 1. The molecule has 7 heteroatoms. The minimum atomic E-state index is -3.70. The van der Waals surface area contributed by atoms with Gasteiger partial charge in [-0.15, -0.1) is 0 Å². The lowest BCUT2D eigenvalue weighted by molar-refractivity contribution is 0.227. The van der Waals surface area contributed by atoms with Gasteiger partial charge in [-0.3, -0.25) is 0 Å². The highest BCUT2D eigenvalue weighted by molar-refractivity contribution is 7.89. The summed E-state index contributed by atoms with van der Waals surface area (Å²) in [4.78, 5) is 0.0377. The Hall–Kier alpha value is -1.13. The van der Waals surface area contributed by atoms with E-state index in [1.165, 1.54) is 22.5 Å². The average Bonchev–Trinajstić information content (AvgIpc) is 2.46. The summed E-state index contributed by atoms with van der Waals surface area (Å²) >= 11 is 6.05. The van der Waals surface area contributed by atoms with E-state index in [0.717, 1.165) is 19.3 Å². The van der Waals surface area contributed by atoms with Crippen LogP contribution in [0.25, 0.3) is 0 Å². The monoisotopic (exact) mass is 327 g/mol. The number of hydrogen-bond acceptors (Lipinski definition) is 4. The van der Waals surface area contributed by atoms with Crippen molar-refractivity contribution in [2.75, 3.05) is 6.54 Å². The van der Waals surface area contributed by atoms with Crippen molar-refractivity contribution in [1.82, 2.24) is 4.31 Å². The van der Waals surface area contributed by atoms with E-state index in [1.54, 1.807) is 0 Å². The average molecular weight is 328 g/mol.